The van der Waals surface area contributed by atoms with Crippen molar-refractivity contribution in [2.75, 3.05) is 18.1 Å². The Hall–Kier alpha value is -0.110. The maximum atomic E-state index is 10.1. The van der Waals surface area contributed by atoms with Gasteiger partial charge in [0.25, 0.3) is 0 Å². The third-order valence-electron chi connectivity index (χ3n) is 2.30. The average molecular weight is 294 g/mol. The molecule has 2 unspecified atom stereocenters. The summed E-state index contributed by atoms with van der Waals surface area (Å²) in [6, 6.07) is 0. The van der Waals surface area contributed by atoms with Gasteiger partial charge in [0.15, 0.2) is 4.60 Å². The maximum Gasteiger partial charge on any atom is 0.154 e. The van der Waals surface area contributed by atoms with E-state index < -0.39 is 6.10 Å². The molecule has 1 aromatic rings. The Morgan fingerprint density at radius 1 is 1.73 bits per heavy atom. The van der Waals surface area contributed by atoms with Crippen molar-refractivity contribution >= 4 is 27.7 Å². The van der Waals surface area contributed by atoms with Gasteiger partial charge in [-0.15, -0.1) is 5.10 Å². The van der Waals surface area contributed by atoms with E-state index in [1.54, 1.807) is 23.5 Å². The number of ether oxygens (including phenoxy) is 1. The Morgan fingerprint density at radius 2 is 2.53 bits per heavy atom. The Labute approximate surface area is 100 Å². The quantitative estimate of drug-likeness (QED) is 0.872. The number of halogens is 1. The van der Waals surface area contributed by atoms with Crippen LogP contribution < -0.4 is 0 Å². The Morgan fingerprint density at radius 3 is 3.07 bits per heavy atom. The molecule has 0 aromatic carbocycles. The van der Waals surface area contributed by atoms with Crippen molar-refractivity contribution in [2.45, 2.75) is 12.2 Å². The maximum absolute atomic E-state index is 10.1. The first-order valence-electron chi connectivity index (χ1n) is 4.62. The fourth-order valence-corrected chi connectivity index (χ4v) is 2.97. The molecule has 2 heterocycles. The number of nitrogens with zero attached hydrogens (tertiary/aromatic N) is 3. The minimum Gasteiger partial charge on any atom is -0.384 e. The molecule has 84 valence electrons. The topological polar surface area (TPSA) is 60.2 Å². The highest BCUT2D eigenvalue weighted by molar-refractivity contribution is 9.10. The predicted octanol–water partition coefficient (Wildman–Crippen LogP) is 0.743. The van der Waals surface area contributed by atoms with E-state index in [9.17, 15) is 5.11 Å². The third-order valence-corrected chi connectivity index (χ3v) is 3.89. The molecule has 2 atom stereocenters. The molecule has 0 aliphatic carbocycles. The second-order valence-corrected chi connectivity index (χ2v) is 5.22. The normalized spacial score (nSPS) is 24.1. The summed E-state index contributed by atoms with van der Waals surface area (Å²) in [6.07, 6.45) is -0.843. The van der Waals surface area contributed by atoms with Crippen molar-refractivity contribution in [2.24, 2.45) is 7.05 Å². The molecule has 0 spiro atoms. The highest BCUT2D eigenvalue weighted by Gasteiger charge is 2.29. The van der Waals surface area contributed by atoms with Crippen LogP contribution in [0.5, 0.6) is 0 Å². The number of aliphatic hydroxyl groups is 1. The molecule has 7 heteroatoms. The van der Waals surface area contributed by atoms with Crippen LogP contribution in [0.15, 0.2) is 4.60 Å². The lowest BCUT2D eigenvalue weighted by molar-refractivity contribution is -0.0264. The molecule has 1 saturated heterocycles. The van der Waals surface area contributed by atoms with Crippen LogP contribution in [0.25, 0.3) is 0 Å². The zero-order chi connectivity index (χ0) is 10.8. The summed E-state index contributed by atoms with van der Waals surface area (Å²) in [5, 5.41) is 17.8. The van der Waals surface area contributed by atoms with E-state index in [1.165, 1.54) is 0 Å². The summed E-state index contributed by atoms with van der Waals surface area (Å²) in [7, 11) is 1.76. The summed E-state index contributed by atoms with van der Waals surface area (Å²) in [5.74, 6) is 1.80. The minimum atomic E-state index is -0.674. The lowest BCUT2D eigenvalue weighted by Gasteiger charge is -2.26. The standard InChI is InChI=1S/C8H12BrN3O2S/c1-12-6(8(9)10-11-12)7(13)5-4-15-3-2-14-5/h5,7,13H,2-4H2,1H3. The smallest absolute Gasteiger partial charge is 0.154 e. The van der Waals surface area contributed by atoms with E-state index in [-0.39, 0.29) is 6.10 Å². The number of aromatic nitrogens is 3. The van der Waals surface area contributed by atoms with Gasteiger partial charge in [0.2, 0.25) is 0 Å². The van der Waals surface area contributed by atoms with Crippen LogP contribution in [0, 0.1) is 0 Å². The summed E-state index contributed by atoms with van der Waals surface area (Å²) >= 11 is 5.06. The van der Waals surface area contributed by atoms with Crippen LogP contribution in [-0.4, -0.2) is 44.3 Å². The molecular formula is C8H12BrN3O2S. The summed E-state index contributed by atoms with van der Waals surface area (Å²) in [4.78, 5) is 0. The molecule has 1 fully saturated rings. The number of aliphatic hydroxyl groups excluding tert-OH is 1. The van der Waals surface area contributed by atoms with E-state index >= 15 is 0 Å². The van der Waals surface area contributed by atoms with E-state index in [0.717, 1.165) is 11.5 Å². The highest BCUT2D eigenvalue weighted by Crippen LogP contribution is 2.28. The van der Waals surface area contributed by atoms with Crippen molar-refractivity contribution in [3.8, 4) is 0 Å². The Kier molecular flexibility index (Phi) is 3.65. The lowest BCUT2D eigenvalue weighted by Crippen LogP contribution is -2.31. The van der Waals surface area contributed by atoms with Crippen LogP contribution >= 0.6 is 27.7 Å². The number of aryl methyl sites for hydroxylation is 1. The molecule has 5 nitrogen and oxygen atoms in total. The lowest BCUT2D eigenvalue weighted by atomic mass is 10.1. The summed E-state index contributed by atoms with van der Waals surface area (Å²) < 4.78 is 7.66. The first kappa shape index (κ1) is 11.4. The number of hydrogen-bond donors (Lipinski definition) is 1. The van der Waals surface area contributed by atoms with Gasteiger partial charge < -0.3 is 9.84 Å². The minimum absolute atomic E-state index is 0.169. The van der Waals surface area contributed by atoms with Crippen LogP contribution in [0.3, 0.4) is 0 Å². The molecule has 1 aromatic heterocycles. The van der Waals surface area contributed by atoms with Crippen molar-refractivity contribution in [3.05, 3.63) is 10.3 Å². The molecule has 1 N–H and O–H groups in total. The summed E-state index contributed by atoms with van der Waals surface area (Å²) in [6.45, 7) is 0.690. The van der Waals surface area contributed by atoms with E-state index in [0.29, 0.717) is 16.9 Å². The van der Waals surface area contributed by atoms with E-state index in [1.807, 2.05) is 0 Å². The van der Waals surface area contributed by atoms with Crippen LogP contribution in [0.4, 0.5) is 0 Å². The van der Waals surface area contributed by atoms with Gasteiger partial charge in [0.05, 0.1) is 12.7 Å². The van der Waals surface area contributed by atoms with Crippen LogP contribution in [0.1, 0.15) is 11.8 Å². The monoisotopic (exact) mass is 293 g/mol. The first-order valence-corrected chi connectivity index (χ1v) is 6.57. The molecule has 1 aliphatic heterocycles. The zero-order valence-corrected chi connectivity index (χ0v) is 10.7. The molecule has 0 saturated carbocycles. The molecule has 0 radical (unpaired) electrons. The van der Waals surface area contributed by atoms with E-state index in [4.69, 9.17) is 4.74 Å². The fraction of sp³-hybridized carbons (Fsp3) is 0.750. The summed E-state index contributed by atoms with van der Waals surface area (Å²) in [5.41, 5.74) is 0.669. The molecule has 0 bridgehead atoms. The van der Waals surface area contributed by atoms with Gasteiger partial charge in [-0.2, -0.15) is 11.8 Å². The van der Waals surface area contributed by atoms with Gasteiger partial charge in [-0.1, -0.05) is 5.21 Å². The first-order chi connectivity index (χ1) is 7.20. The van der Waals surface area contributed by atoms with Gasteiger partial charge in [-0.05, 0) is 15.9 Å². The second-order valence-electron chi connectivity index (χ2n) is 3.32. The number of hydrogen-bond acceptors (Lipinski definition) is 5. The van der Waals surface area contributed by atoms with E-state index in [2.05, 4.69) is 26.2 Å². The van der Waals surface area contributed by atoms with Gasteiger partial charge in [-0.25, -0.2) is 4.68 Å². The molecule has 1 aliphatic rings. The van der Waals surface area contributed by atoms with Crippen LogP contribution in [-0.2, 0) is 11.8 Å². The molecular weight excluding hydrogens is 282 g/mol. The van der Waals surface area contributed by atoms with Gasteiger partial charge in [-0.3, -0.25) is 0 Å². The van der Waals surface area contributed by atoms with Crippen molar-refractivity contribution < 1.29 is 9.84 Å². The largest absolute Gasteiger partial charge is 0.384 e. The van der Waals surface area contributed by atoms with Crippen molar-refractivity contribution in [1.29, 1.82) is 0 Å². The SMILES string of the molecule is Cn1nnc(Br)c1C(O)C1CSCCO1. The molecule has 2 rings (SSSR count). The number of thioether (sulfide) groups is 1. The van der Waals surface area contributed by atoms with Gasteiger partial charge in [0.1, 0.15) is 11.8 Å². The van der Waals surface area contributed by atoms with Gasteiger partial charge in [0, 0.05) is 18.6 Å². The second kappa shape index (κ2) is 4.82. The van der Waals surface area contributed by atoms with Crippen molar-refractivity contribution in [3.63, 3.8) is 0 Å². The van der Waals surface area contributed by atoms with Gasteiger partial charge >= 0.3 is 0 Å². The Bertz CT molecular complexity index is 321. The third kappa shape index (κ3) is 2.35. The predicted molar refractivity (Wildman–Crippen MR) is 60.7 cm³/mol. The molecule has 0 amide bonds. The van der Waals surface area contributed by atoms with Crippen molar-refractivity contribution in [1.82, 2.24) is 15.0 Å². The average Bonchev–Trinajstić information content (AvgIpc) is 2.59. The molecule has 15 heavy (non-hydrogen) atoms. The highest BCUT2D eigenvalue weighted by atomic mass is 79.9. The fourth-order valence-electron chi connectivity index (χ4n) is 1.52. The zero-order valence-electron chi connectivity index (χ0n) is 8.26. The Balaban J connectivity index is 2.15. The van der Waals surface area contributed by atoms with Crippen LogP contribution in [0.2, 0.25) is 0 Å². The number of rotatable bonds is 2.